The lowest BCUT2D eigenvalue weighted by Crippen LogP contribution is -2.54. The Bertz CT molecular complexity index is 1110. The molecule has 4 unspecified atom stereocenters. The molecule has 13 nitrogen and oxygen atoms in total. The first kappa shape index (κ1) is 41.3. The Morgan fingerprint density at radius 3 is 2.13 bits per heavy atom. The number of unbranched alkanes of at least 4 members (excludes halogenated alkanes) is 1. The summed E-state index contributed by atoms with van der Waals surface area (Å²) in [4.78, 5) is 65.8. The summed E-state index contributed by atoms with van der Waals surface area (Å²) in [6, 6.07) is 5.15. The van der Waals surface area contributed by atoms with E-state index in [9.17, 15) is 24.0 Å². The molecule has 0 bridgehead atoms. The van der Waals surface area contributed by atoms with Crippen LogP contribution in [0.25, 0.3) is 0 Å². The van der Waals surface area contributed by atoms with Gasteiger partial charge in [0.25, 0.3) is 0 Å². The van der Waals surface area contributed by atoms with Crippen molar-refractivity contribution in [3.05, 3.63) is 29.8 Å². The lowest BCUT2D eigenvalue weighted by molar-refractivity contribution is -0.138. The van der Waals surface area contributed by atoms with Gasteiger partial charge in [0.15, 0.2) is 0 Å². The lowest BCUT2D eigenvalue weighted by atomic mass is 9.91. The van der Waals surface area contributed by atoms with E-state index in [1.165, 1.54) is 11.9 Å². The minimum absolute atomic E-state index is 0.0526. The molecule has 0 spiro atoms. The van der Waals surface area contributed by atoms with E-state index in [2.05, 4.69) is 35.1 Å². The highest BCUT2D eigenvalue weighted by Gasteiger charge is 2.34. The first-order chi connectivity index (χ1) is 22.4. The lowest BCUT2D eigenvalue weighted by Gasteiger charge is -2.37. The third-order valence-corrected chi connectivity index (χ3v) is 8.51. The van der Waals surface area contributed by atoms with Crippen molar-refractivity contribution in [1.29, 1.82) is 0 Å². The van der Waals surface area contributed by atoms with Crippen molar-refractivity contribution in [3.63, 3.8) is 0 Å². The van der Waals surface area contributed by atoms with Crippen LogP contribution >= 0.6 is 0 Å². The van der Waals surface area contributed by atoms with Gasteiger partial charge in [-0.2, -0.15) is 0 Å². The number of anilines is 1. The first-order valence-corrected chi connectivity index (χ1v) is 16.6. The molecule has 47 heavy (non-hydrogen) atoms. The minimum atomic E-state index is -0.864. The van der Waals surface area contributed by atoms with Crippen molar-refractivity contribution in [2.24, 2.45) is 11.8 Å². The van der Waals surface area contributed by atoms with Gasteiger partial charge in [-0.05, 0) is 68.8 Å². The molecule has 266 valence electrons. The first-order valence-electron chi connectivity index (χ1n) is 16.6. The largest absolute Gasteiger partial charge is 0.445 e. The molecule has 5 amide bonds. The zero-order valence-electron chi connectivity index (χ0n) is 29.8. The van der Waals surface area contributed by atoms with E-state index in [-0.39, 0.29) is 48.9 Å². The number of carbonyl (C=O) groups is 5. The van der Waals surface area contributed by atoms with Gasteiger partial charge in [-0.15, -0.1) is 0 Å². The van der Waals surface area contributed by atoms with Crippen LogP contribution in [-0.4, -0.2) is 106 Å². The maximum Gasteiger partial charge on any atom is 0.410 e. The minimum Gasteiger partial charge on any atom is -0.445 e. The third-order valence-electron chi connectivity index (χ3n) is 8.51. The Balaban J connectivity index is 2.76. The Kier molecular flexibility index (Phi) is 19.3. The molecule has 0 radical (unpaired) electrons. The van der Waals surface area contributed by atoms with Crippen LogP contribution in [0.2, 0.25) is 0 Å². The molecule has 0 aliphatic heterocycles. The number of nitrogens with zero attached hydrogens (tertiary/aromatic N) is 2. The molecule has 0 aliphatic carbocycles. The summed E-state index contributed by atoms with van der Waals surface area (Å²) in [7, 11) is 6.72. The zero-order valence-corrected chi connectivity index (χ0v) is 29.8. The fourth-order valence-electron chi connectivity index (χ4n) is 5.57. The standard InChI is InChI=1S/C34H58N6O7/c1-10-24(5)31(28(11-2)46-9)39(7)29(42)20-36-33(44)30(23(3)4)40(8)34(45)47-21-25-15-17-26(18-16-25)38-32(43)27(37-22-41)14-12-13-19-35-6/h15-18,22-24,27-28,30-31,35H,10-14,19-21H2,1-9H3,(H,36,44)(H,37,41)(H,38,43)/t24?,27-,28?,30?,31?/m0/s1. The number of nitrogens with one attached hydrogen (secondary N) is 4. The second kappa shape index (κ2) is 22.0. The fraction of sp³-hybridized carbons (Fsp3) is 0.676. The van der Waals surface area contributed by atoms with Crippen molar-refractivity contribution in [3.8, 4) is 0 Å². The Morgan fingerprint density at radius 1 is 0.936 bits per heavy atom. The molecule has 13 heteroatoms. The van der Waals surface area contributed by atoms with Crippen molar-refractivity contribution in [1.82, 2.24) is 25.8 Å². The Hall–Kier alpha value is -3.71. The monoisotopic (exact) mass is 662 g/mol. The predicted molar refractivity (Wildman–Crippen MR) is 183 cm³/mol. The topological polar surface area (TPSA) is 158 Å². The number of amides is 5. The number of methoxy groups -OCH3 is 1. The van der Waals surface area contributed by atoms with E-state index < -0.39 is 24.1 Å². The van der Waals surface area contributed by atoms with Crippen LogP contribution in [0, 0.1) is 11.8 Å². The molecule has 1 aromatic rings. The highest BCUT2D eigenvalue weighted by molar-refractivity contribution is 5.95. The summed E-state index contributed by atoms with van der Waals surface area (Å²) in [5.74, 6) is -1.07. The number of hydrogen-bond donors (Lipinski definition) is 4. The van der Waals surface area contributed by atoms with Crippen LogP contribution < -0.4 is 21.3 Å². The van der Waals surface area contributed by atoms with Gasteiger partial charge in [-0.1, -0.05) is 53.2 Å². The average Bonchev–Trinajstić information content (AvgIpc) is 3.06. The van der Waals surface area contributed by atoms with Gasteiger partial charge in [-0.3, -0.25) is 24.1 Å². The summed E-state index contributed by atoms with van der Waals surface area (Å²) < 4.78 is 11.1. The van der Waals surface area contributed by atoms with E-state index in [1.807, 2.05) is 27.8 Å². The zero-order chi connectivity index (χ0) is 35.5. The maximum atomic E-state index is 13.2. The Morgan fingerprint density at radius 2 is 1.60 bits per heavy atom. The number of ether oxygens (including phenoxy) is 2. The third kappa shape index (κ3) is 13.5. The highest BCUT2D eigenvalue weighted by atomic mass is 16.6. The van der Waals surface area contributed by atoms with E-state index in [4.69, 9.17) is 9.47 Å². The summed E-state index contributed by atoms with van der Waals surface area (Å²) >= 11 is 0. The van der Waals surface area contributed by atoms with Crippen molar-refractivity contribution < 1.29 is 33.4 Å². The Labute approximate surface area is 280 Å². The van der Waals surface area contributed by atoms with Gasteiger partial charge in [0.1, 0.15) is 18.7 Å². The van der Waals surface area contributed by atoms with Crippen LogP contribution in [0.15, 0.2) is 24.3 Å². The van der Waals surface area contributed by atoms with Gasteiger partial charge in [0.05, 0.1) is 18.7 Å². The molecule has 0 heterocycles. The maximum absolute atomic E-state index is 13.2. The van der Waals surface area contributed by atoms with Gasteiger partial charge >= 0.3 is 6.09 Å². The number of likely N-dealkylation sites (N-methyl/N-ethyl adjacent to an activating group) is 2. The molecule has 0 aliphatic rings. The number of rotatable bonds is 22. The second-order valence-electron chi connectivity index (χ2n) is 12.3. The van der Waals surface area contributed by atoms with Crippen molar-refractivity contribution >= 4 is 35.9 Å². The number of hydrogen-bond acceptors (Lipinski definition) is 8. The molecule has 1 rings (SSSR count). The summed E-state index contributed by atoms with van der Waals surface area (Å²) in [6.45, 7) is 10.4. The fourth-order valence-corrected chi connectivity index (χ4v) is 5.57. The van der Waals surface area contributed by atoms with Crippen LogP contribution in [0.3, 0.4) is 0 Å². The number of carbonyl (C=O) groups excluding carboxylic acids is 5. The van der Waals surface area contributed by atoms with Gasteiger partial charge < -0.3 is 35.6 Å². The molecule has 1 aromatic carbocycles. The molecule has 0 fully saturated rings. The SMILES string of the molecule is CCC(C)C(C(CC)OC)N(C)C(=O)CNC(=O)C(C(C)C)N(C)C(=O)OCc1ccc(NC(=O)[C@H](CCCCNC)NC=O)cc1. The average molecular weight is 663 g/mol. The van der Waals surface area contributed by atoms with E-state index in [1.54, 1.807) is 43.3 Å². The normalized spacial score (nSPS) is 14.3. The van der Waals surface area contributed by atoms with Crippen molar-refractivity contribution in [2.75, 3.05) is 46.7 Å². The van der Waals surface area contributed by atoms with E-state index in [0.29, 0.717) is 24.1 Å². The van der Waals surface area contributed by atoms with Gasteiger partial charge in [-0.25, -0.2) is 4.79 Å². The number of benzene rings is 1. The van der Waals surface area contributed by atoms with E-state index in [0.717, 1.165) is 32.2 Å². The van der Waals surface area contributed by atoms with E-state index >= 15 is 0 Å². The van der Waals surface area contributed by atoms with Crippen LogP contribution in [0.4, 0.5) is 10.5 Å². The van der Waals surface area contributed by atoms with Gasteiger partial charge in [0, 0.05) is 26.9 Å². The van der Waals surface area contributed by atoms with Crippen molar-refractivity contribution in [2.45, 2.75) is 97.6 Å². The molecule has 0 saturated carbocycles. The quantitative estimate of drug-likeness (QED) is 0.109. The summed E-state index contributed by atoms with van der Waals surface area (Å²) in [5, 5.41) is 11.1. The molecular formula is C34H58N6O7. The van der Waals surface area contributed by atoms with Gasteiger partial charge in [0.2, 0.25) is 24.1 Å². The molecule has 0 saturated heterocycles. The smallest absolute Gasteiger partial charge is 0.410 e. The summed E-state index contributed by atoms with van der Waals surface area (Å²) in [5.41, 5.74) is 1.21. The highest BCUT2D eigenvalue weighted by Crippen LogP contribution is 2.21. The summed E-state index contributed by atoms with van der Waals surface area (Å²) in [6.07, 6.45) is 3.50. The van der Waals surface area contributed by atoms with Crippen LogP contribution in [0.5, 0.6) is 0 Å². The predicted octanol–water partition coefficient (Wildman–Crippen LogP) is 3.14. The van der Waals surface area contributed by atoms with Crippen LogP contribution in [0.1, 0.15) is 72.3 Å². The molecule has 5 atom stereocenters. The molecule has 4 N–H and O–H groups in total. The second-order valence-corrected chi connectivity index (χ2v) is 12.3. The molecular weight excluding hydrogens is 604 g/mol. The van der Waals surface area contributed by atoms with Crippen LogP contribution in [-0.2, 0) is 35.3 Å². The molecule has 0 aromatic heterocycles.